The molecule has 4 heterocycles. The summed E-state index contributed by atoms with van der Waals surface area (Å²) in [6.07, 6.45) is 12.9. The van der Waals surface area contributed by atoms with Gasteiger partial charge in [-0.3, -0.25) is 4.98 Å². The fourth-order valence-corrected chi connectivity index (χ4v) is 5.56. The average Bonchev–Trinajstić information content (AvgIpc) is 3.58. The van der Waals surface area contributed by atoms with Crippen LogP contribution in [-0.2, 0) is 0 Å². The molecule has 3 aliphatic rings. The second-order valence-electron chi connectivity index (χ2n) is 8.72. The number of nitrogens with zero attached hydrogens (tertiary/aromatic N) is 3. The molecule has 32 heavy (non-hydrogen) atoms. The Balaban J connectivity index is 1.41. The lowest BCUT2D eigenvalue weighted by molar-refractivity contribution is 0.174. The highest BCUT2D eigenvalue weighted by Gasteiger charge is 2.41. The highest BCUT2D eigenvalue weighted by Crippen LogP contribution is 2.44. The smallest absolute Gasteiger partial charge is 0.231 e. The Hall–Kier alpha value is -3.06. The van der Waals surface area contributed by atoms with E-state index in [4.69, 9.17) is 21.7 Å². The molecule has 2 aromatic heterocycles. The molecule has 1 aliphatic carbocycles. The Morgan fingerprint density at radius 3 is 2.72 bits per heavy atom. The molecular formula is C25H26N4O2S. The van der Waals surface area contributed by atoms with Crippen LogP contribution in [0.3, 0.4) is 0 Å². The van der Waals surface area contributed by atoms with E-state index >= 15 is 0 Å². The number of anilines is 1. The minimum atomic E-state index is -0.0451. The number of hydrogen-bond donors (Lipinski definition) is 1. The number of fused-ring (bicyclic) bond motifs is 1. The first-order valence-corrected chi connectivity index (χ1v) is 11.8. The zero-order chi connectivity index (χ0) is 21.5. The monoisotopic (exact) mass is 446 g/mol. The molecule has 1 aromatic carbocycles. The lowest BCUT2D eigenvalue weighted by atomic mass is 9.95. The molecule has 0 bridgehead atoms. The van der Waals surface area contributed by atoms with Crippen molar-refractivity contribution in [1.82, 2.24) is 14.9 Å². The van der Waals surface area contributed by atoms with Gasteiger partial charge in [0.1, 0.15) is 0 Å². The van der Waals surface area contributed by atoms with Crippen molar-refractivity contribution in [3.63, 3.8) is 0 Å². The van der Waals surface area contributed by atoms with E-state index in [0.29, 0.717) is 11.2 Å². The molecule has 0 radical (unpaired) electrons. The topological polar surface area (TPSA) is 51.6 Å². The molecule has 0 spiro atoms. The van der Waals surface area contributed by atoms with Crippen LogP contribution in [0.2, 0.25) is 0 Å². The predicted octanol–water partition coefficient (Wildman–Crippen LogP) is 5.29. The molecular weight excluding hydrogens is 420 g/mol. The van der Waals surface area contributed by atoms with Crippen molar-refractivity contribution in [3.8, 4) is 11.5 Å². The maximum Gasteiger partial charge on any atom is 0.231 e. The average molecular weight is 447 g/mol. The standard InChI is InChI=1S/C25H26N4O2S/c32-25-27-23(20-8-4-5-12-26-20)24(17-11-13-28(15-17)18-6-2-1-3-7-18)29(25)19-9-10-21-22(14-19)31-16-30-21/h4-5,8-15,18,23-24H,1-3,6-7,16H2,(H,27,32)/t23-,24+/m1/s1. The summed E-state index contributed by atoms with van der Waals surface area (Å²) in [5.41, 5.74) is 3.20. The summed E-state index contributed by atoms with van der Waals surface area (Å²) < 4.78 is 13.6. The summed E-state index contributed by atoms with van der Waals surface area (Å²) in [4.78, 5) is 6.84. The van der Waals surface area contributed by atoms with Crippen molar-refractivity contribution >= 4 is 23.0 Å². The Morgan fingerprint density at radius 1 is 1.00 bits per heavy atom. The lowest BCUT2D eigenvalue weighted by Crippen LogP contribution is -2.29. The largest absolute Gasteiger partial charge is 0.454 e. The molecule has 6 rings (SSSR count). The molecule has 6 nitrogen and oxygen atoms in total. The van der Waals surface area contributed by atoms with Crippen LogP contribution in [0.25, 0.3) is 0 Å². The van der Waals surface area contributed by atoms with Crippen molar-refractivity contribution in [2.45, 2.75) is 50.2 Å². The Labute approximate surface area is 193 Å². The molecule has 1 saturated heterocycles. The van der Waals surface area contributed by atoms with Gasteiger partial charge in [-0.1, -0.05) is 25.3 Å². The van der Waals surface area contributed by atoms with Crippen LogP contribution in [-0.4, -0.2) is 21.5 Å². The molecule has 3 aromatic rings. The third-order valence-corrected chi connectivity index (χ3v) is 7.12. The number of nitrogens with one attached hydrogen (secondary N) is 1. The molecule has 1 N–H and O–H groups in total. The molecule has 7 heteroatoms. The third kappa shape index (κ3) is 3.41. The summed E-state index contributed by atoms with van der Waals surface area (Å²) in [5, 5.41) is 4.23. The zero-order valence-corrected chi connectivity index (χ0v) is 18.6. The van der Waals surface area contributed by atoms with Crippen molar-refractivity contribution in [2.24, 2.45) is 0 Å². The summed E-state index contributed by atoms with van der Waals surface area (Å²) in [6, 6.07) is 14.8. The molecule has 1 saturated carbocycles. The molecule has 0 amide bonds. The van der Waals surface area contributed by atoms with Crippen molar-refractivity contribution in [2.75, 3.05) is 11.7 Å². The van der Waals surface area contributed by atoms with E-state index in [0.717, 1.165) is 22.9 Å². The summed E-state index contributed by atoms with van der Waals surface area (Å²) in [6.45, 7) is 0.256. The van der Waals surface area contributed by atoms with E-state index in [1.807, 2.05) is 36.5 Å². The van der Waals surface area contributed by atoms with E-state index in [2.05, 4.69) is 44.3 Å². The molecule has 2 fully saturated rings. The van der Waals surface area contributed by atoms with Gasteiger partial charge in [-0.2, -0.15) is 0 Å². The van der Waals surface area contributed by atoms with Gasteiger partial charge < -0.3 is 24.3 Å². The highest BCUT2D eigenvalue weighted by atomic mass is 32.1. The van der Waals surface area contributed by atoms with Crippen LogP contribution >= 0.6 is 12.2 Å². The molecule has 164 valence electrons. The minimum absolute atomic E-state index is 0.0115. The first-order valence-electron chi connectivity index (χ1n) is 11.4. The summed E-state index contributed by atoms with van der Waals surface area (Å²) in [7, 11) is 0. The molecule has 2 atom stereocenters. The van der Waals surface area contributed by atoms with Crippen LogP contribution in [0.15, 0.2) is 61.1 Å². The number of pyridine rings is 1. The number of hydrogen-bond acceptors (Lipinski definition) is 4. The number of benzene rings is 1. The zero-order valence-electron chi connectivity index (χ0n) is 17.8. The van der Waals surface area contributed by atoms with E-state index in [9.17, 15) is 0 Å². The first kappa shape index (κ1) is 19.6. The number of thiocarbonyl (C=S) groups is 1. The van der Waals surface area contributed by atoms with Crippen LogP contribution in [0.4, 0.5) is 5.69 Å². The molecule has 2 aliphatic heterocycles. The second kappa shape index (κ2) is 8.13. The van der Waals surface area contributed by atoms with Crippen molar-refractivity contribution < 1.29 is 9.47 Å². The van der Waals surface area contributed by atoms with E-state index in [1.54, 1.807) is 0 Å². The number of rotatable bonds is 4. The minimum Gasteiger partial charge on any atom is -0.454 e. The van der Waals surface area contributed by atoms with Gasteiger partial charge in [-0.15, -0.1) is 0 Å². The van der Waals surface area contributed by atoms with Gasteiger partial charge in [-0.05, 0) is 61.0 Å². The SMILES string of the molecule is S=C1N[C@H](c2ccccn2)[C@H](c2ccn(C3CCCCC3)c2)N1c1ccc2c(c1)OCO2. The van der Waals surface area contributed by atoms with Crippen LogP contribution in [0, 0.1) is 0 Å². The normalized spacial score (nSPS) is 22.9. The Kier molecular flexibility index (Phi) is 4.98. The van der Waals surface area contributed by atoms with Gasteiger partial charge in [0.25, 0.3) is 0 Å². The van der Waals surface area contributed by atoms with Gasteiger partial charge >= 0.3 is 0 Å². The fourth-order valence-electron chi connectivity index (χ4n) is 5.22. The quantitative estimate of drug-likeness (QED) is 0.550. The predicted molar refractivity (Wildman–Crippen MR) is 127 cm³/mol. The Bertz CT molecular complexity index is 1130. The van der Waals surface area contributed by atoms with Crippen LogP contribution in [0.1, 0.15) is 61.5 Å². The van der Waals surface area contributed by atoms with Gasteiger partial charge in [0, 0.05) is 36.4 Å². The Morgan fingerprint density at radius 2 is 1.88 bits per heavy atom. The van der Waals surface area contributed by atoms with Crippen molar-refractivity contribution in [3.05, 3.63) is 72.3 Å². The van der Waals surface area contributed by atoms with Gasteiger partial charge in [0.15, 0.2) is 16.6 Å². The van der Waals surface area contributed by atoms with Crippen LogP contribution in [0.5, 0.6) is 11.5 Å². The van der Waals surface area contributed by atoms with Gasteiger partial charge in [0.05, 0.1) is 17.8 Å². The number of aromatic nitrogens is 2. The summed E-state index contributed by atoms with van der Waals surface area (Å²) in [5.74, 6) is 1.53. The maximum absolute atomic E-state index is 5.84. The maximum atomic E-state index is 5.84. The lowest BCUT2D eigenvalue weighted by Gasteiger charge is -2.28. The summed E-state index contributed by atoms with van der Waals surface area (Å²) >= 11 is 5.84. The van der Waals surface area contributed by atoms with E-state index in [-0.39, 0.29) is 18.9 Å². The van der Waals surface area contributed by atoms with Crippen LogP contribution < -0.4 is 19.7 Å². The van der Waals surface area contributed by atoms with Gasteiger partial charge in [-0.25, -0.2) is 0 Å². The number of ether oxygens (including phenoxy) is 2. The van der Waals surface area contributed by atoms with Crippen molar-refractivity contribution in [1.29, 1.82) is 0 Å². The third-order valence-electron chi connectivity index (χ3n) is 6.81. The molecule has 0 unspecified atom stereocenters. The van der Waals surface area contributed by atoms with E-state index < -0.39 is 0 Å². The highest BCUT2D eigenvalue weighted by molar-refractivity contribution is 7.80. The second-order valence-corrected chi connectivity index (χ2v) is 9.10. The van der Waals surface area contributed by atoms with Gasteiger partial charge in [0.2, 0.25) is 6.79 Å². The fraction of sp³-hybridized carbons (Fsp3) is 0.360. The van der Waals surface area contributed by atoms with E-state index in [1.165, 1.54) is 37.7 Å². The first-order chi connectivity index (χ1) is 15.8.